The Kier molecular flexibility index (Phi) is 6.02. The van der Waals surface area contributed by atoms with Gasteiger partial charge in [0.05, 0.1) is 6.07 Å². The minimum absolute atomic E-state index is 0.298. The largest absolute Gasteiger partial charge is 0.508 e. The molecule has 0 spiro atoms. The van der Waals surface area contributed by atoms with Crippen molar-refractivity contribution in [3.05, 3.63) is 96.1 Å². The Bertz CT molecular complexity index is 933. The summed E-state index contributed by atoms with van der Waals surface area (Å²) in [6.07, 6.45) is 0.761. The normalized spacial score (nSPS) is 15.0. The Morgan fingerprint density at radius 1 is 0.767 bits per heavy atom. The van der Waals surface area contributed by atoms with Crippen molar-refractivity contribution < 1.29 is 5.11 Å². The minimum atomic E-state index is -0.642. The van der Waals surface area contributed by atoms with Crippen LogP contribution in [0.15, 0.2) is 84.9 Å². The van der Waals surface area contributed by atoms with Gasteiger partial charge >= 0.3 is 0 Å². The smallest absolute Gasteiger partial charge is 0.115 e. The van der Waals surface area contributed by atoms with E-state index in [4.69, 9.17) is 0 Å². The predicted octanol–water partition coefficient (Wildman–Crippen LogP) is 4.41. The monoisotopic (exact) mass is 397 g/mol. The summed E-state index contributed by atoms with van der Waals surface area (Å²) in [6.45, 7) is 4.70. The van der Waals surface area contributed by atoms with Crippen LogP contribution < -0.4 is 4.90 Å². The number of aromatic hydroxyl groups is 1. The average Bonchev–Trinajstić information content (AvgIpc) is 2.82. The molecule has 4 nitrogen and oxygen atoms in total. The first-order valence-corrected chi connectivity index (χ1v) is 10.5. The van der Waals surface area contributed by atoms with E-state index in [0.29, 0.717) is 5.75 Å². The molecule has 1 saturated heterocycles. The molecule has 3 aromatic rings. The molecular formula is C26H27N3O. The van der Waals surface area contributed by atoms with Crippen LogP contribution in [-0.2, 0) is 5.41 Å². The highest BCUT2D eigenvalue weighted by Crippen LogP contribution is 2.35. The van der Waals surface area contributed by atoms with E-state index in [1.54, 1.807) is 12.1 Å². The number of nitrogens with zero attached hydrogens (tertiary/aromatic N) is 3. The third-order valence-corrected chi connectivity index (χ3v) is 6.11. The number of piperazine rings is 1. The van der Waals surface area contributed by atoms with Crippen LogP contribution >= 0.6 is 0 Å². The highest BCUT2D eigenvalue weighted by molar-refractivity contribution is 5.49. The van der Waals surface area contributed by atoms with Gasteiger partial charge in [-0.3, -0.25) is 4.90 Å². The van der Waals surface area contributed by atoms with E-state index < -0.39 is 5.41 Å². The van der Waals surface area contributed by atoms with Gasteiger partial charge in [0, 0.05) is 38.4 Å². The van der Waals surface area contributed by atoms with E-state index in [-0.39, 0.29) is 0 Å². The molecule has 1 fully saturated rings. The molecule has 4 heteroatoms. The first kappa shape index (κ1) is 20.0. The maximum atomic E-state index is 10.3. The fraction of sp³-hybridized carbons (Fsp3) is 0.269. The van der Waals surface area contributed by atoms with Gasteiger partial charge in [-0.15, -0.1) is 0 Å². The van der Waals surface area contributed by atoms with Gasteiger partial charge in [-0.2, -0.15) is 5.26 Å². The van der Waals surface area contributed by atoms with Crippen molar-refractivity contribution >= 4 is 5.69 Å². The Labute approximate surface area is 178 Å². The van der Waals surface area contributed by atoms with Crippen LogP contribution in [0.1, 0.15) is 17.5 Å². The van der Waals surface area contributed by atoms with E-state index in [0.717, 1.165) is 56.0 Å². The number of rotatable bonds is 6. The molecule has 1 aliphatic heterocycles. The van der Waals surface area contributed by atoms with Crippen molar-refractivity contribution in [3.8, 4) is 11.8 Å². The fourth-order valence-corrected chi connectivity index (χ4v) is 4.30. The maximum absolute atomic E-state index is 10.3. The molecule has 3 aromatic carbocycles. The molecular weight excluding hydrogens is 370 g/mol. The molecule has 0 unspecified atom stereocenters. The van der Waals surface area contributed by atoms with Crippen LogP contribution in [0.5, 0.6) is 5.75 Å². The number of benzene rings is 3. The van der Waals surface area contributed by atoms with Crippen LogP contribution in [0.3, 0.4) is 0 Å². The average molecular weight is 398 g/mol. The van der Waals surface area contributed by atoms with Gasteiger partial charge in [0.15, 0.2) is 0 Å². The highest BCUT2D eigenvalue weighted by atomic mass is 16.3. The van der Waals surface area contributed by atoms with Crippen LogP contribution in [0.2, 0.25) is 0 Å². The van der Waals surface area contributed by atoms with Crippen LogP contribution in [-0.4, -0.2) is 42.7 Å². The predicted molar refractivity (Wildman–Crippen MR) is 121 cm³/mol. The molecule has 0 aromatic heterocycles. The summed E-state index contributed by atoms with van der Waals surface area (Å²) in [4.78, 5) is 4.80. The zero-order valence-electron chi connectivity index (χ0n) is 17.1. The van der Waals surface area contributed by atoms with Gasteiger partial charge in [0.1, 0.15) is 11.2 Å². The summed E-state index contributed by atoms with van der Waals surface area (Å²) < 4.78 is 0. The second-order valence-electron chi connectivity index (χ2n) is 7.84. The molecule has 0 radical (unpaired) electrons. The lowest BCUT2D eigenvalue weighted by Gasteiger charge is -2.38. The molecule has 0 atom stereocenters. The first-order valence-electron chi connectivity index (χ1n) is 10.5. The lowest BCUT2D eigenvalue weighted by molar-refractivity contribution is 0.244. The molecule has 0 amide bonds. The fourth-order valence-electron chi connectivity index (χ4n) is 4.30. The van der Waals surface area contributed by atoms with Gasteiger partial charge in [-0.05, 0) is 41.8 Å². The van der Waals surface area contributed by atoms with E-state index in [9.17, 15) is 10.4 Å². The number of phenolic OH excluding ortho intramolecular Hbond substituents is 1. The lowest BCUT2D eigenvalue weighted by atomic mass is 9.73. The van der Waals surface area contributed by atoms with Gasteiger partial charge < -0.3 is 10.0 Å². The Morgan fingerprint density at radius 2 is 1.30 bits per heavy atom. The third kappa shape index (κ3) is 4.17. The van der Waals surface area contributed by atoms with E-state index >= 15 is 0 Å². The van der Waals surface area contributed by atoms with Gasteiger partial charge in [-0.1, -0.05) is 60.7 Å². The van der Waals surface area contributed by atoms with Gasteiger partial charge in [0.2, 0.25) is 0 Å². The SMILES string of the molecule is N#CC(CCN1CCN(c2ccc(O)cc2)CC1)(c1ccccc1)c1ccccc1. The van der Waals surface area contributed by atoms with Crippen molar-refractivity contribution in [2.75, 3.05) is 37.6 Å². The summed E-state index contributed by atoms with van der Waals surface area (Å²) >= 11 is 0. The summed E-state index contributed by atoms with van der Waals surface area (Å²) in [7, 11) is 0. The second kappa shape index (κ2) is 9.02. The maximum Gasteiger partial charge on any atom is 0.115 e. The molecule has 152 valence electrons. The van der Waals surface area contributed by atoms with Gasteiger partial charge in [-0.25, -0.2) is 0 Å². The standard InChI is InChI=1S/C26H27N3O/c27-21-26(22-7-3-1-4-8-22,23-9-5-2-6-10-23)15-16-28-17-19-29(20-18-28)24-11-13-25(30)14-12-24/h1-14,30H,15-20H2. The minimum Gasteiger partial charge on any atom is -0.508 e. The Morgan fingerprint density at radius 3 is 1.80 bits per heavy atom. The Hall–Kier alpha value is -3.29. The molecule has 1 heterocycles. The van der Waals surface area contributed by atoms with Crippen molar-refractivity contribution in [2.45, 2.75) is 11.8 Å². The van der Waals surface area contributed by atoms with Crippen molar-refractivity contribution in [2.24, 2.45) is 0 Å². The molecule has 0 saturated carbocycles. The highest BCUT2D eigenvalue weighted by Gasteiger charge is 2.35. The van der Waals surface area contributed by atoms with Crippen LogP contribution in [0.25, 0.3) is 0 Å². The Balaban J connectivity index is 1.46. The lowest BCUT2D eigenvalue weighted by Crippen LogP contribution is -2.47. The molecule has 4 rings (SSSR count). The van der Waals surface area contributed by atoms with Crippen LogP contribution in [0, 0.1) is 11.3 Å². The van der Waals surface area contributed by atoms with Crippen LogP contribution in [0.4, 0.5) is 5.69 Å². The second-order valence-corrected chi connectivity index (χ2v) is 7.84. The topological polar surface area (TPSA) is 50.5 Å². The van der Waals surface area contributed by atoms with E-state index in [2.05, 4.69) is 40.1 Å². The number of phenols is 1. The van der Waals surface area contributed by atoms with Crippen molar-refractivity contribution in [3.63, 3.8) is 0 Å². The summed E-state index contributed by atoms with van der Waals surface area (Å²) in [5.74, 6) is 0.298. The zero-order chi connectivity index (χ0) is 20.8. The van der Waals surface area contributed by atoms with E-state index in [1.165, 1.54) is 0 Å². The molecule has 0 aliphatic carbocycles. The first-order chi connectivity index (χ1) is 14.7. The number of anilines is 1. The summed E-state index contributed by atoms with van der Waals surface area (Å²) in [5.41, 5.74) is 2.62. The number of hydrogen-bond donors (Lipinski definition) is 1. The quantitative estimate of drug-likeness (QED) is 0.669. The summed E-state index contributed by atoms with van der Waals surface area (Å²) in [6, 6.07) is 30.4. The van der Waals surface area contributed by atoms with Gasteiger partial charge in [0.25, 0.3) is 0 Å². The summed E-state index contributed by atoms with van der Waals surface area (Å²) in [5, 5.41) is 19.8. The number of nitriles is 1. The zero-order valence-corrected chi connectivity index (χ0v) is 17.1. The molecule has 1 aliphatic rings. The van der Waals surface area contributed by atoms with E-state index in [1.807, 2.05) is 48.5 Å². The molecule has 1 N–H and O–H groups in total. The number of hydrogen-bond acceptors (Lipinski definition) is 4. The van der Waals surface area contributed by atoms with Crippen molar-refractivity contribution in [1.29, 1.82) is 5.26 Å². The third-order valence-electron chi connectivity index (χ3n) is 6.11. The molecule has 30 heavy (non-hydrogen) atoms. The molecule has 0 bridgehead atoms. The van der Waals surface area contributed by atoms with Crippen molar-refractivity contribution in [1.82, 2.24) is 4.90 Å².